The maximum Gasteiger partial charge on any atom is 0.339 e. The van der Waals surface area contributed by atoms with Gasteiger partial charge in [-0.05, 0) is 18.6 Å². The summed E-state index contributed by atoms with van der Waals surface area (Å²) < 4.78 is 5.23. The zero-order valence-corrected chi connectivity index (χ0v) is 14.0. The van der Waals surface area contributed by atoms with Crippen molar-refractivity contribution in [2.75, 3.05) is 5.32 Å². The molecule has 1 atom stereocenters. The molecule has 1 aliphatic rings. The summed E-state index contributed by atoms with van der Waals surface area (Å²) in [4.78, 5) is 28.7. The van der Waals surface area contributed by atoms with E-state index in [1.165, 1.54) is 0 Å². The van der Waals surface area contributed by atoms with E-state index in [0.717, 1.165) is 16.7 Å². The number of nitrogens with zero attached hydrogens (tertiary/aromatic N) is 2. The summed E-state index contributed by atoms with van der Waals surface area (Å²) in [7, 11) is 0. The summed E-state index contributed by atoms with van der Waals surface area (Å²) in [6.45, 7) is 2.00. The first-order valence-electron chi connectivity index (χ1n) is 8.19. The van der Waals surface area contributed by atoms with Gasteiger partial charge < -0.3 is 4.74 Å². The van der Waals surface area contributed by atoms with Crippen LogP contribution in [0.4, 0.5) is 5.95 Å². The quantitative estimate of drug-likeness (QED) is 0.709. The first kappa shape index (κ1) is 16.0. The van der Waals surface area contributed by atoms with Gasteiger partial charge >= 0.3 is 5.97 Å². The average Bonchev–Trinajstić information content (AvgIpc) is 3.10. The molecule has 2 N–H and O–H groups in total. The number of aromatic nitrogens is 3. The van der Waals surface area contributed by atoms with Gasteiger partial charge in [0.1, 0.15) is 0 Å². The maximum atomic E-state index is 12.4. The molecule has 2 aromatic carbocycles. The lowest BCUT2D eigenvalue weighted by atomic mass is 9.98. The zero-order valence-electron chi connectivity index (χ0n) is 14.0. The van der Waals surface area contributed by atoms with Crippen molar-refractivity contribution in [3.63, 3.8) is 0 Å². The molecule has 0 bridgehead atoms. The molecule has 0 unspecified atom stereocenters. The van der Waals surface area contributed by atoms with Crippen molar-refractivity contribution in [2.24, 2.45) is 0 Å². The minimum Gasteiger partial charge on any atom is -0.448 e. The van der Waals surface area contributed by atoms with Crippen molar-refractivity contribution in [3.8, 4) is 11.4 Å². The molecule has 0 fully saturated rings. The molecule has 1 aliphatic heterocycles. The lowest BCUT2D eigenvalue weighted by molar-refractivity contribution is -0.125. The molecule has 0 spiro atoms. The van der Waals surface area contributed by atoms with Gasteiger partial charge in [0.15, 0.2) is 11.9 Å². The molecular weight excluding hydrogens is 332 g/mol. The van der Waals surface area contributed by atoms with E-state index in [-0.39, 0.29) is 5.95 Å². The number of amides is 1. The van der Waals surface area contributed by atoms with Crippen molar-refractivity contribution in [1.82, 2.24) is 15.2 Å². The first-order valence-corrected chi connectivity index (χ1v) is 8.19. The molecule has 7 heteroatoms. The molecule has 0 saturated heterocycles. The first-order chi connectivity index (χ1) is 12.6. The lowest BCUT2D eigenvalue weighted by Gasteiger charge is -2.23. The van der Waals surface area contributed by atoms with Crippen LogP contribution in [0.5, 0.6) is 0 Å². The Labute approximate surface area is 149 Å². The molecule has 4 rings (SSSR count). The fourth-order valence-electron chi connectivity index (χ4n) is 2.83. The van der Waals surface area contributed by atoms with Crippen LogP contribution in [-0.2, 0) is 16.0 Å². The van der Waals surface area contributed by atoms with E-state index < -0.39 is 18.0 Å². The van der Waals surface area contributed by atoms with E-state index in [0.29, 0.717) is 17.8 Å². The van der Waals surface area contributed by atoms with Gasteiger partial charge in [0.05, 0.1) is 5.56 Å². The van der Waals surface area contributed by atoms with Crippen molar-refractivity contribution in [1.29, 1.82) is 0 Å². The van der Waals surface area contributed by atoms with E-state index in [1.54, 1.807) is 12.1 Å². The number of benzene rings is 2. The van der Waals surface area contributed by atoms with E-state index in [1.807, 2.05) is 43.3 Å². The standard InChI is InChI=1S/C19H16N4O3/c1-11-6-8-12(9-7-11)16-20-19(23-22-16)21-17(24)15-10-13-4-2-3-5-14(13)18(25)26-15/h2-9,15H,10H2,1H3,(H2,20,21,22,23,24)/t15-/m1/s1. The van der Waals surface area contributed by atoms with E-state index in [4.69, 9.17) is 4.74 Å². The van der Waals surface area contributed by atoms with Crippen LogP contribution in [0.1, 0.15) is 21.5 Å². The van der Waals surface area contributed by atoms with Gasteiger partial charge in [-0.15, -0.1) is 5.10 Å². The Morgan fingerprint density at radius 2 is 1.96 bits per heavy atom. The third-order valence-electron chi connectivity index (χ3n) is 4.23. The number of nitrogens with one attached hydrogen (secondary N) is 2. The van der Waals surface area contributed by atoms with Gasteiger partial charge in [0.2, 0.25) is 5.95 Å². The van der Waals surface area contributed by atoms with Crippen LogP contribution in [0.15, 0.2) is 48.5 Å². The molecule has 1 amide bonds. The Morgan fingerprint density at radius 1 is 1.19 bits per heavy atom. The Balaban J connectivity index is 1.47. The summed E-state index contributed by atoms with van der Waals surface area (Å²) in [5.41, 5.74) is 3.29. The van der Waals surface area contributed by atoms with Crippen LogP contribution in [0.3, 0.4) is 0 Å². The van der Waals surface area contributed by atoms with Crippen LogP contribution >= 0.6 is 0 Å². The number of rotatable bonds is 3. The molecule has 2 heterocycles. The minimum atomic E-state index is -0.904. The van der Waals surface area contributed by atoms with Gasteiger partial charge in [-0.2, -0.15) is 4.98 Å². The zero-order chi connectivity index (χ0) is 18.1. The molecule has 0 aliphatic carbocycles. The number of hydrogen-bond acceptors (Lipinski definition) is 5. The smallest absolute Gasteiger partial charge is 0.339 e. The van der Waals surface area contributed by atoms with Crippen molar-refractivity contribution in [3.05, 3.63) is 65.2 Å². The summed E-state index contributed by atoms with van der Waals surface area (Å²) in [6, 6.07) is 14.9. The molecule has 3 aromatic rings. The third-order valence-corrected chi connectivity index (χ3v) is 4.23. The minimum absolute atomic E-state index is 0.139. The van der Waals surface area contributed by atoms with Crippen LogP contribution in [-0.4, -0.2) is 33.2 Å². The number of H-pyrrole nitrogens is 1. The monoisotopic (exact) mass is 348 g/mol. The fourth-order valence-corrected chi connectivity index (χ4v) is 2.83. The molecule has 26 heavy (non-hydrogen) atoms. The summed E-state index contributed by atoms with van der Waals surface area (Å²) in [6.07, 6.45) is -0.582. The van der Waals surface area contributed by atoms with Gasteiger partial charge in [-0.1, -0.05) is 48.0 Å². The second-order valence-electron chi connectivity index (χ2n) is 6.12. The van der Waals surface area contributed by atoms with E-state index in [9.17, 15) is 9.59 Å². The average molecular weight is 348 g/mol. The SMILES string of the molecule is Cc1ccc(-c2nc(NC(=O)[C@H]3Cc4ccccc4C(=O)O3)n[nH]2)cc1. The number of carbonyl (C=O) groups is 2. The molecule has 0 saturated carbocycles. The second-order valence-corrected chi connectivity index (χ2v) is 6.12. The highest BCUT2D eigenvalue weighted by Gasteiger charge is 2.31. The number of ether oxygens (including phenoxy) is 1. The summed E-state index contributed by atoms with van der Waals surface area (Å²) in [5.74, 6) is -0.267. The van der Waals surface area contributed by atoms with E-state index in [2.05, 4.69) is 20.5 Å². The third kappa shape index (κ3) is 3.06. The summed E-state index contributed by atoms with van der Waals surface area (Å²) >= 11 is 0. The highest BCUT2D eigenvalue weighted by molar-refractivity contribution is 5.99. The van der Waals surface area contributed by atoms with Crippen LogP contribution in [0, 0.1) is 6.92 Å². The van der Waals surface area contributed by atoms with E-state index >= 15 is 0 Å². The lowest BCUT2D eigenvalue weighted by Crippen LogP contribution is -2.38. The molecule has 130 valence electrons. The predicted molar refractivity (Wildman–Crippen MR) is 94.5 cm³/mol. The fraction of sp³-hybridized carbons (Fsp3) is 0.158. The van der Waals surface area contributed by atoms with Crippen molar-refractivity contribution >= 4 is 17.8 Å². The van der Waals surface area contributed by atoms with Gasteiger partial charge in [-0.25, -0.2) is 4.79 Å². The maximum absolute atomic E-state index is 12.4. The predicted octanol–water partition coefficient (Wildman–Crippen LogP) is 2.50. The molecule has 7 nitrogen and oxygen atoms in total. The number of hydrogen-bond donors (Lipinski definition) is 2. The van der Waals surface area contributed by atoms with Crippen molar-refractivity contribution in [2.45, 2.75) is 19.4 Å². The van der Waals surface area contributed by atoms with Gasteiger partial charge in [-0.3, -0.25) is 15.2 Å². The van der Waals surface area contributed by atoms with Gasteiger partial charge in [0, 0.05) is 12.0 Å². The van der Waals surface area contributed by atoms with Crippen LogP contribution in [0.25, 0.3) is 11.4 Å². The highest BCUT2D eigenvalue weighted by Crippen LogP contribution is 2.21. The largest absolute Gasteiger partial charge is 0.448 e. The number of aryl methyl sites for hydroxylation is 1. The van der Waals surface area contributed by atoms with Gasteiger partial charge in [0.25, 0.3) is 5.91 Å². The Kier molecular flexibility index (Phi) is 3.96. The number of fused-ring (bicyclic) bond motifs is 1. The molecule has 1 aromatic heterocycles. The Hall–Kier alpha value is -3.48. The Morgan fingerprint density at radius 3 is 2.77 bits per heavy atom. The Bertz CT molecular complexity index is 978. The van der Waals surface area contributed by atoms with Crippen molar-refractivity contribution < 1.29 is 14.3 Å². The number of cyclic esters (lactones) is 1. The molecular formula is C19H16N4O3. The van der Waals surface area contributed by atoms with Crippen LogP contribution < -0.4 is 5.32 Å². The normalized spacial score (nSPS) is 15.9. The number of aromatic amines is 1. The topological polar surface area (TPSA) is 97.0 Å². The summed E-state index contributed by atoms with van der Waals surface area (Å²) in [5, 5.41) is 9.39. The number of anilines is 1. The second kappa shape index (κ2) is 6.44. The highest BCUT2D eigenvalue weighted by atomic mass is 16.5. The molecule has 0 radical (unpaired) electrons. The van der Waals surface area contributed by atoms with Crippen LogP contribution in [0.2, 0.25) is 0 Å². The number of carbonyl (C=O) groups excluding carboxylic acids is 2. The number of esters is 1.